The van der Waals surface area contributed by atoms with Crippen LogP contribution >= 0.6 is 23.1 Å². The van der Waals surface area contributed by atoms with E-state index in [2.05, 4.69) is 54.6 Å². The van der Waals surface area contributed by atoms with Crippen molar-refractivity contribution in [3.05, 3.63) is 75.8 Å². The molecule has 0 spiro atoms. The van der Waals surface area contributed by atoms with Gasteiger partial charge in [0, 0.05) is 23.8 Å². The van der Waals surface area contributed by atoms with E-state index in [1.165, 1.54) is 42.5 Å². The Hall–Kier alpha value is -2.45. The van der Waals surface area contributed by atoms with Crippen LogP contribution in [0.1, 0.15) is 66.1 Å². The molecule has 0 N–H and O–H groups in total. The van der Waals surface area contributed by atoms with Crippen LogP contribution in [0.15, 0.2) is 57.5 Å². The molecule has 5 rings (SSSR count). The minimum atomic E-state index is 0.484. The largest absolute Gasteiger partial charge is 0.338 e. The van der Waals surface area contributed by atoms with Gasteiger partial charge in [-0.2, -0.15) is 4.98 Å². The van der Waals surface area contributed by atoms with Crippen LogP contribution in [0.2, 0.25) is 0 Å². The topological polar surface area (TPSA) is 69.6 Å². The monoisotopic (exact) mass is 451 g/mol. The Morgan fingerprint density at radius 1 is 1.00 bits per heavy atom. The van der Waals surface area contributed by atoms with Gasteiger partial charge in [0.05, 0.1) is 5.75 Å². The molecule has 0 unspecified atom stereocenters. The van der Waals surface area contributed by atoms with Gasteiger partial charge in [0.15, 0.2) is 11.0 Å². The lowest BCUT2D eigenvalue weighted by Crippen LogP contribution is -2.16. The van der Waals surface area contributed by atoms with Crippen LogP contribution in [0.25, 0.3) is 0 Å². The molecule has 1 aliphatic rings. The summed E-state index contributed by atoms with van der Waals surface area (Å²) < 4.78 is 7.88. The van der Waals surface area contributed by atoms with Gasteiger partial charge in [0.1, 0.15) is 5.82 Å². The van der Waals surface area contributed by atoms with Crippen LogP contribution in [-0.2, 0) is 18.6 Å². The van der Waals surface area contributed by atoms with Crippen LogP contribution in [0, 0.1) is 0 Å². The fourth-order valence-electron chi connectivity index (χ4n) is 4.13. The maximum absolute atomic E-state index is 5.50. The van der Waals surface area contributed by atoms with Crippen LogP contribution in [0.3, 0.4) is 0 Å². The average molecular weight is 452 g/mol. The highest BCUT2D eigenvalue weighted by Crippen LogP contribution is 2.34. The molecule has 0 bridgehead atoms. The van der Waals surface area contributed by atoms with Crippen molar-refractivity contribution < 1.29 is 4.52 Å². The van der Waals surface area contributed by atoms with Crippen molar-refractivity contribution in [1.29, 1.82) is 0 Å². The number of thiophene rings is 1. The summed E-state index contributed by atoms with van der Waals surface area (Å²) in [6.07, 6.45) is 7.79. The van der Waals surface area contributed by atoms with Gasteiger partial charge < -0.3 is 9.09 Å². The quantitative estimate of drug-likeness (QED) is 0.320. The molecular formula is C23H25N5OS2. The van der Waals surface area contributed by atoms with E-state index in [-0.39, 0.29) is 0 Å². The first kappa shape index (κ1) is 20.5. The van der Waals surface area contributed by atoms with Gasteiger partial charge >= 0.3 is 0 Å². The number of hydrogen-bond donors (Lipinski definition) is 0. The molecule has 0 amide bonds. The molecule has 1 aliphatic carbocycles. The van der Waals surface area contributed by atoms with E-state index in [0.717, 1.165) is 17.4 Å². The second-order valence-corrected chi connectivity index (χ2v) is 9.85. The van der Waals surface area contributed by atoms with Crippen molar-refractivity contribution in [2.24, 2.45) is 0 Å². The van der Waals surface area contributed by atoms with Gasteiger partial charge in [-0.05, 0) is 29.9 Å². The Bertz CT molecular complexity index is 1080. The minimum Gasteiger partial charge on any atom is -0.338 e. The van der Waals surface area contributed by atoms with Gasteiger partial charge in [-0.1, -0.05) is 72.6 Å². The van der Waals surface area contributed by atoms with Gasteiger partial charge in [-0.3, -0.25) is 0 Å². The molecule has 4 aromatic rings. The maximum Gasteiger partial charge on any atom is 0.237 e. The van der Waals surface area contributed by atoms with Crippen LogP contribution < -0.4 is 0 Å². The normalized spacial score (nSPS) is 14.8. The summed E-state index contributed by atoms with van der Waals surface area (Å²) in [5, 5.41) is 16.4. The first-order chi connectivity index (χ1) is 15.3. The molecule has 1 fully saturated rings. The molecule has 1 aromatic carbocycles. The first-order valence-corrected chi connectivity index (χ1v) is 12.7. The van der Waals surface area contributed by atoms with E-state index >= 15 is 0 Å². The Morgan fingerprint density at radius 2 is 1.87 bits per heavy atom. The second-order valence-electron chi connectivity index (χ2n) is 7.87. The molecule has 31 heavy (non-hydrogen) atoms. The zero-order valence-electron chi connectivity index (χ0n) is 17.3. The van der Waals surface area contributed by atoms with Gasteiger partial charge in [-0.15, -0.1) is 21.5 Å². The molecule has 6 nitrogen and oxygen atoms in total. The van der Waals surface area contributed by atoms with E-state index in [9.17, 15) is 0 Å². The molecule has 0 aliphatic heterocycles. The maximum atomic E-state index is 5.50. The molecule has 0 saturated heterocycles. The minimum absolute atomic E-state index is 0.484. The van der Waals surface area contributed by atoms with E-state index < -0.39 is 0 Å². The third kappa shape index (κ3) is 5.07. The SMILES string of the molecule is c1ccc(Cc2noc(CSc3nnc(Cc4cccs4)n3C3CCCCC3)n2)cc1. The highest BCUT2D eigenvalue weighted by molar-refractivity contribution is 7.98. The van der Waals surface area contributed by atoms with E-state index in [1.54, 1.807) is 23.1 Å². The summed E-state index contributed by atoms with van der Waals surface area (Å²) in [5.41, 5.74) is 1.18. The summed E-state index contributed by atoms with van der Waals surface area (Å²) in [6, 6.07) is 15.0. The fourth-order valence-corrected chi connectivity index (χ4v) is 5.69. The van der Waals surface area contributed by atoms with Crippen molar-refractivity contribution in [3.8, 4) is 0 Å². The van der Waals surface area contributed by atoms with Crippen molar-refractivity contribution in [1.82, 2.24) is 24.9 Å². The first-order valence-electron chi connectivity index (χ1n) is 10.8. The number of aromatic nitrogens is 5. The molecule has 1 saturated carbocycles. The summed E-state index contributed by atoms with van der Waals surface area (Å²) in [4.78, 5) is 5.90. The van der Waals surface area contributed by atoms with Crippen LogP contribution in [0.4, 0.5) is 0 Å². The van der Waals surface area contributed by atoms with Crippen LogP contribution in [0.5, 0.6) is 0 Å². The number of nitrogens with zero attached hydrogens (tertiary/aromatic N) is 5. The molecule has 0 atom stereocenters. The second kappa shape index (κ2) is 9.78. The van der Waals surface area contributed by atoms with Gasteiger partial charge in [0.2, 0.25) is 5.89 Å². The molecule has 160 valence electrons. The van der Waals surface area contributed by atoms with Crippen molar-refractivity contribution in [3.63, 3.8) is 0 Å². The standard InChI is InChI=1S/C23H25N5OS2/c1-3-8-17(9-4-1)14-20-24-22(29-27-20)16-31-23-26-25-21(15-19-12-7-13-30-19)28(23)18-10-5-2-6-11-18/h1,3-4,7-9,12-13,18H,2,5-6,10-11,14-16H2. The number of thioether (sulfide) groups is 1. The van der Waals surface area contributed by atoms with Crippen molar-refractivity contribution >= 4 is 23.1 Å². The van der Waals surface area contributed by atoms with E-state index in [4.69, 9.17) is 4.52 Å². The zero-order valence-corrected chi connectivity index (χ0v) is 18.9. The number of benzene rings is 1. The molecule has 3 aromatic heterocycles. The summed E-state index contributed by atoms with van der Waals surface area (Å²) in [6.45, 7) is 0. The highest BCUT2D eigenvalue weighted by Gasteiger charge is 2.24. The third-order valence-electron chi connectivity index (χ3n) is 5.63. The molecule has 8 heteroatoms. The van der Waals surface area contributed by atoms with Crippen molar-refractivity contribution in [2.45, 2.75) is 61.9 Å². The Morgan fingerprint density at radius 3 is 2.68 bits per heavy atom. The lowest BCUT2D eigenvalue weighted by atomic mass is 9.95. The smallest absolute Gasteiger partial charge is 0.237 e. The molecule has 0 radical (unpaired) electrons. The molecular weight excluding hydrogens is 426 g/mol. The summed E-state index contributed by atoms with van der Waals surface area (Å²) in [7, 11) is 0. The Balaban J connectivity index is 1.30. The van der Waals surface area contributed by atoms with E-state index in [0.29, 0.717) is 29.9 Å². The Labute approximate surface area is 190 Å². The predicted octanol–water partition coefficient (Wildman–Crippen LogP) is 5.70. The Kier molecular flexibility index (Phi) is 6.46. The number of rotatable bonds is 8. The van der Waals surface area contributed by atoms with Gasteiger partial charge in [-0.25, -0.2) is 0 Å². The fraction of sp³-hybridized carbons (Fsp3) is 0.391. The third-order valence-corrected chi connectivity index (χ3v) is 7.43. The molecule has 3 heterocycles. The average Bonchev–Trinajstić information content (AvgIpc) is 3.56. The summed E-state index contributed by atoms with van der Waals surface area (Å²) in [5.74, 6) is 3.01. The van der Waals surface area contributed by atoms with Crippen molar-refractivity contribution in [2.75, 3.05) is 0 Å². The zero-order chi connectivity index (χ0) is 20.9. The number of hydrogen-bond acceptors (Lipinski definition) is 7. The lowest BCUT2D eigenvalue weighted by Gasteiger charge is -2.25. The highest BCUT2D eigenvalue weighted by atomic mass is 32.2. The van der Waals surface area contributed by atoms with Gasteiger partial charge in [0.25, 0.3) is 0 Å². The van der Waals surface area contributed by atoms with Crippen LogP contribution in [-0.4, -0.2) is 24.9 Å². The van der Waals surface area contributed by atoms with E-state index in [1.807, 2.05) is 18.2 Å². The lowest BCUT2D eigenvalue weighted by molar-refractivity contribution is 0.330. The summed E-state index contributed by atoms with van der Waals surface area (Å²) >= 11 is 3.42. The predicted molar refractivity (Wildman–Crippen MR) is 122 cm³/mol.